The predicted molar refractivity (Wildman–Crippen MR) is 90.3 cm³/mol. The molecule has 0 aliphatic carbocycles. The van der Waals surface area contributed by atoms with Crippen molar-refractivity contribution in [2.45, 2.75) is 6.54 Å². The number of benzene rings is 1. The number of nitrogens with zero attached hydrogens (tertiary/aromatic N) is 3. The number of pyridine rings is 1. The van der Waals surface area contributed by atoms with Crippen LogP contribution in [0.25, 0.3) is 0 Å². The molecule has 0 fully saturated rings. The van der Waals surface area contributed by atoms with E-state index in [1.54, 1.807) is 30.6 Å². The van der Waals surface area contributed by atoms with E-state index in [0.29, 0.717) is 18.2 Å². The van der Waals surface area contributed by atoms with Crippen molar-refractivity contribution in [2.75, 3.05) is 10.6 Å². The number of hydrogen-bond donors (Lipinski definition) is 3. The Morgan fingerprint density at radius 3 is 2.58 bits per heavy atom. The molecule has 2 heterocycles. The van der Waals surface area contributed by atoms with Crippen LogP contribution in [-0.4, -0.2) is 26.0 Å². The number of nitrogens with one attached hydrogen (secondary N) is 2. The van der Waals surface area contributed by atoms with Gasteiger partial charge in [-0.05, 0) is 35.9 Å². The number of rotatable bonds is 6. The lowest BCUT2D eigenvalue weighted by molar-refractivity contribution is 0.0697. The smallest absolute Gasteiger partial charge is 0.335 e. The summed E-state index contributed by atoms with van der Waals surface area (Å²) in [7, 11) is 0. The Bertz CT molecular complexity index is 822. The predicted octanol–water partition coefficient (Wildman–Crippen LogP) is 2.93. The maximum atomic E-state index is 10.9. The van der Waals surface area contributed by atoms with Gasteiger partial charge < -0.3 is 15.7 Å². The number of aromatic carboxylic acids is 1. The van der Waals surface area contributed by atoms with Crippen molar-refractivity contribution < 1.29 is 9.90 Å². The minimum absolute atomic E-state index is 0.238. The Labute approximate surface area is 138 Å². The average Bonchev–Trinajstić information content (AvgIpc) is 2.62. The molecule has 24 heavy (non-hydrogen) atoms. The Kier molecular flexibility index (Phi) is 4.62. The van der Waals surface area contributed by atoms with E-state index in [1.807, 2.05) is 12.1 Å². The van der Waals surface area contributed by atoms with Gasteiger partial charge in [-0.2, -0.15) is 0 Å². The van der Waals surface area contributed by atoms with Crippen LogP contribution >= 0.6 is 0 Å². The zero-order chi connectivity index (χ0) is 16.8. The Balaban J connectivity index is 1.65. The molecule has 120 valence electrons. The number of aromatic nitrogens is 3. The third-order valence-corrected chi connectivity index (χ3v) is 3.27. The Morgan fingerprint density at radius 2 is 1.88 bits per heavy atom. The first-order valence-electron chi connectivity index (χ1n) is 7.26. The highest BCUT2D eigenvalue weighted by Crippen LogP contribution is 2.17. The van der Waals surface area contributed by atoms with Gasteiger partial charge in [0.15, 0.2) is 0 Å². The minimum atomic E-state index is -0.953. The molecule has 0 radical (unpaired) electrons. The van der Waals surface area contributed by atoms with Gasteiger partial charge in [-0.15, -0.1) is 0 Å². The molecule has 0 unspecified atom stereocenters. The van der Waals surface area contributed by atoms with E-state index in [1.165, 1.54) is 18.5 Å². The van der Waals surface area contributed by atoms with Gasteiger partial charge in [-0.1, -0.05) is 6.07 Å². The summed E-state index contributed by atoms with van der Waals surface area (Å²) in [6.07, 6.45) is 4.97. The molecule has 0 saturated carbocycles. The van der Waals surface area contributed by atoms with E-state index in [0.717, 1.165) is 11.3 Å². The maximum absolute atomic E-state index is 10.9. The summed E-state index contributed by atoms with van der Waals surface area (Å²) < 4.78 is 0. The van der Waals surface area contributed by atoms with Crippen LogP contribution < -0.4 is 10.6 Å². The minimum Gasteiger partial charge on any atom is -0.478 e. The van der Waals surface area contributed by atoms with Crippen molar-refractivity contribution in [3.05, 3.63) is 72.3 Å². The van der Waals surface area contributed by atoms with E-state index in [9.17, 15) is 4.79 Å². The van der Waals surface area contributed by atoms with Gasteiger partial charge in [-0.3, -0.25) is 4.98 Å². The van der Waals surface area contributed by atoms with Crippen molar-refractivity contribution >= 4 is 23.3 Å². The molecule has 2 aromatic heterocycles. The highest BCUT2D eigenvalue weighted by Gasteiger charge is 2.03. The van der Waals surface area contributed by atoms with Crippen LogP contribution in [0.4, 0.5) is 17.3 Å². The Morgan fingerprint density at radius 1 is 1.08 bits per heavy atom. The van der Waals surface area contributed by atoms with Gasteiger partial charge in [0.05, 0.1) is 5.56 Å². The second-order valence-electron chi connectivity index (χ2n) is 5.01. The largest absolute Gasteiger partial charge is 0.478 e. The maximum Gasteiger partial charge on any atom is 0.335 e. The first-order valence-corrected chi connectivity index (χ1v) is 7.26. The third-order valence-electron chi connectivity index (χ3n) is 3.27. The number of carboxylic acids is 1. The van der Waals surface area contributed by atoms with Crippen LogP contribution in [0.15, 0.2) is 61.2 Å². The lowest BCUT2D eigenvalue weighted by atomic mass is 10.2. The summed E-state index contributed by atoms with van der Waals surface area (Å²) >= 11 is 0. The van der Waals surface area contributed by atoms with Crippen molar-refractivity contribution in [1.82, 2.24) is 15.0 Å². The standard InChI is InChI=1S/C17H15N5O2/c23-17(24)13-3-5-14(6-4-13)22-16-8-15(20-11-21-16)19-10-12-2-1-7-18-9-12/h1-9,11H,10H2,(H,23,24)(H2,19,20,21,22). The van der Waals surface area contributed by atoms with Gasteiger partial charge in [0.2, 0.25) is 0 Å². The topological polar surface area (TPSA) is 100 Å². The van der Waals surface area contributed by atoms with Crippen LogP contribution in [-0.2, 0) is 6.54 Å². The Hall–Kier alpha value is -3.48. The molecular formula is C17H15N5O2. The molecule has 0 bridgehead atoms. The fourth-order valence-corrected chi connectivity index (χ4v) is 2.06. The van der Waals surface area contributed by atoms with Crippen LogP contribution in [0.3, 0.4) is 0 Å². The molecule has 0 spiro atoms. The fraction of sp³-hybridized carbons (Fsp3) is 0.0588. The van der Waals surface area contributed by atoms with Gasteiger partial charge in [0.25, 0.3) is 0 Å². The monoisotopic (exact) mass is 321 g/mol. The highest BCUT2D eigenvalue weighted by atomic mass is 16.4. The quantitative estimate of drug-likeness (QED) is 0.642. The molecule has 0 saturated heterocycles. The molecule has 0 atom stereocenters. The molecule has 7 heteroatoms. The summed E-state index contributed by atoms with van der Waals surface area (Å²) in [5.41, 5.74) is 2.04. The zero-order valence-corrected chi connectivity index (χ0v) is 12.7. The summed E-state index contributed by atoms with van der Waals surface area (Å²) in [6.45, 7) is 0.609. The highest BCUT2D eigenvalue weighted by molar-refractivity contribution is 5.88. The summed E-state index contributed by atoms with van der Waals surface area (Å²) in [6, 6.07) is 12.1. The molecule has 1 aromatic carbocycles. The number of carbonyl (C=O) groups is 1. The summed E-state index contributed by atoms with van der Waals surface area (Å²) in [4.78, 5) is 23.2. The van der Waals surface area contributed by atoms with E-state index in [2.05, 4.69) is 25.6 Å². The number of anilines is 3. The summed E-state index contributed by atoms with van der Waals surface area (Å²) in [5.74, 6) is 0.339. The molecule has 0 amide bonds. The molecular weight excluding hydrogens is 306 g/mol. The molecule has 7 nitrogen and oxygen atoms in total. The average molecular weight is 321 g/mol. The summed E-state index contributed by atoms with van der Waals surface area (Å²) in [5, 5.41) is 15.2. The molecule has 0 aliphatic heterocycles. The lowest BCUT2D eigenvalue weighted by Gasteiger charge is -2.09. The first kappa shape index (κ1) is 15.4. The molecule has 3 rings (SSSR count). The van der Waals surface area contributed by atoms with Crippen LogP contribution in [0, 0.1) is 0 Å². The van der Waals surface area contributed by atoms with Gasteiger partial charge in [-0.25, -0.2) is 14.8 Å². The van der Waals surface area contributed by atoms with E-state index in [4.69, 9.17) is 5.11 Å². The zero-order valence-electron chi connectivity index (χ0n) is 12.7. The van der Waals surface area contributed by atoms with Gasteiger partial charge >= 0.3 is 5.97 Å². The van der Waals surface area contributed by atoms with Crippen molar-refractivity contribution in [1.29, 1.82) is 0 Å². The van der Waals surface area contributed by atoms with E-state index in [-0.39, 0.29) is 5.56 Å². The number of carboxylic acid groups (broad SMARTS) is 1. The van der Waals surface area contributed by atoms with E-state index >= 15 is 0 Å². The molecule has 3 N–H and O–H groups in total. The fourth-order valence-electron chi connectivity index (χ4n) is 2.06. The lowest BCUT2D eigenvalue weighted by Crippen LogP contribution is -2.03. The van der Waals surface area contributed by atoms with Crippen LogP contribution in [0.5, 0.6) is 0 Å². The third kappa shape index (κ3) is 4.04. The van der Waals surface area contributed by atoms with Gasteiger partial charge in [0.1, 0.15) is 18.0 Å². The van der Waals surface area contributed by atoms with Crippen LogP contribution in [0.2, 0.25) is 0 Å². The second-order valence-corrected chi connectivity index (χ2v) is 5.01. The van der Waals surface area contributed by atoms with Crippen molar-refractivity contribution in [3.63, 3.8) is 0 Å². The van der Waals surface area contributed by atoms with Crippen LogP contribution in [0.1, 0.15) is 15.9 Å². The second kappa shape index (κ2) is 7.19. The number of hydrogen-bond acceptors (Lipinski definition) is 6. The normalized spacial score (nSPS) is 10.2. The van der Waals surface area contributed by atoms with Crippen molar-refractivity contribution in [3.8, 4) is 0 Å². The van der Waals surface area contributed by atoms with Crippen molar-refractivity contribution in [2.24, 2.45) is 0 Å². The van der Waals surface area contributed by atoms with E-state index < -0.39 is 5.97 Å². The first-order chi connectivity index (χ1) is 11.7. The SMILES string of the molecule is O=C(O)c1ccc(Nc2cc(NCc3cccnc3)ncn2)cc1. The molecule has 0 aliphatic rings. The van der Waals surface area contributed by atoms with Gasteiger partial charge in [0, 0.05) is 30.7 Å². The molecule has 3 aromatic rings.